The fourth-order valence-electron chi connectivity index (χ4n) is 12.7. The maximum absolute atomic E-state index is 2.55. The van der Waals surface area contributed by atoms with E-state index in [1.807, 2.05) is 0 Å². The smallest absolute Gasteiger partial charge is 0.253 e. The molecule has 2 aliphatic heterocycles. The van der Waals surface area contributed by atoms with E-state index in [2.05, 4.69) is 246 Å². The molecule has 15 rings (SSSR count). The highest BCUT2D eigenvalue weighted by Crippen LogP contribution is 2.63. The summed E-state index contributed by atoms with van der Waals surface area (Å²) in [5, 5.41) is 5.08. The van der Waals surface area contributed by atoms with Gasteiger partial charge in [-0.25, -0.2) is 0 Å². The standard InChI is InChI=1S/C63H39BN2/c1-3-19-44(20-4-1)65-56-35-32-40-17-7-9-23-46(40)60(56)64-61-47-24-10-8-18-41(47)33-36-57(61)66(45-21-5-2-6-22-45)59-39-43(38-58(65)62(59)64)42-31-34-51-50-27-13-16-30-54(50)63(55(51)37-42)52-28-14-11-25-48(52)49-26-12-15-29-53(49)63/h1-39H. The van der Waals surface area contributed by atoms with E-state index >= 15 is 0 Å². The summed E-state index contributed by atoms with van der Waals surface area (Å²) in [6.07, 6.45) is 0. The van der Waals surface area contributed by atoms with Crippen LogP contribution in [0.4, 0.5) is 34.1 Å². The lowest BCUT2D eigenvalue weighted by Crippen LogP contribution is -2.61. The molecule has 304 valence electrons. The van der Waals surface area contributed by atoms with Crippen molar-refractivity contribution in [2.75, 3.05) is 9.80 Å². The predicted molar refractivity (Wildman–Crippen MR) is 277 cm³/mol. The summed E-state index contributed by atoms with van der Waals surface area (Å²) < 4.78 is 0. The summed E-state index contributed by atoms with van der Waals surface area (Å²) in [6, 6.07) is 89.0. The fraction of sp³-hybridized carbons (Fsp3) is 0.0159. The number of para-hydroxylation sites is 2. The first-order chi connectivity index (χ1) is 32.8. The first-order valence-corrected chi connectivity index (χ1v) is 23.1. The van der Waals surface area contributed by atoms with Crippen LogP contribution in [-0.2, 0) is 5.41 Å². The third-order valence-corrected chi connectivity index (χ3v) is 15.2. The van der Waals surface area contributed by atoms with E-state index in [-0.39, 0.29) is 6.71 Å². The van der Waals surface area contributed by atoms with Crippen molar-refractivity contribution in [1.82, 2.24) is 0 Å². The predicted octanol–water partition coefficient (Wildman–Crippen LogP) is 14.1. The Labute approximate surface area is 384 Å². The monoisotopic (exact) mass is 834 g/mol. The van der Waals surface area contributed by atoms with Crippen LogP contribution in [0.25, 0.3) is 54.9 Å². The van der Waals surface area contributed by atoms with Gasteiger partial charge < -0.3 is 9.80 Å². The van der Waals surface area contributed by atoms with Crippen LogP contribution in [-0.4, -0.2) is 6.71 Å². The molecule has 3 heteroatoms. The van der Waals surface area contributed by atoms with Crippen molar-refractivity contribution in [3.8, 4) is 33.4 Å². The van der Waals surface area contributed by atoms with Crippen molar-refractivity contribution in [2.45, 2.75) is 5.41 Å². The van der Waals surface area contributed by atoms with Gasteiger partial charge in [-0.05, 0) is 148 Å². The first-order valence-electron chi connectivity index (χ1n) is 23.1. The van der Waals surface area contributed by atoms with Crippen LogP contribution in [0.3, 0.4) is 0 Å². The Balaban J connectivity index is 1.07. The van der Waals surface area contributed by atoms with Crippen molar-refractivity contribution >= 4 is 78.8 Å². The molecule has 0 bridgehead atoms. The van der Waals surface area contributed by atoms with Crippen LogP contribution in [0.2, 0.25) is 0 Å². The van der Waals surface area contributed by atoms with Crippen LogP contribution < -0.4 is 26.2 Å². The number of hydrogen-bond acceptors (Lipinski definition) is 2. The van der Waals surface area contributed by atoms with Crippen molar-refractivity contribution in [2.24, 2.45) is 0 Å². The molecule has 0 fully saturated rings. The summed E-state index contributed by atoms with van der Waals surface area (Å²) in [7, 11) is 0. The lowest BCUT2D eigenvalue weighted by atomic mass is 9.32. The van der Waals surface area contributed by atoms with Crippen LogP contribution in [0.1, 0.15) is 22.3 Å². The van der Waals surface area contributed by atoms with Crippen LogP contribution in [0.5, 0.6) is 0 Å². The molecule has 0 N–H and O–H groups in total. The molecule has 0 saturated heterocycles. The minimum atomic E-state index is -0.436. The van der Waals surface area contributed by atoms with E-state index in [0.717, 1.165) is 11.4 Å². The second-order valence-electron chi connectivity index (χ2n) is 18.3. The van der Waals surface area contributed by atoms with Gasteiger partial charge in [0.2, 0.25) is 0 Å². The first kappa shape index (κ1) is 36.0. The molecule has 0 saturated carbocycles. The van der Waals surface area contributed by atoms with E-state index in [1.54, 1.807) is 0 Å². The molecule has 11 aromatic carbocycles. The molecule has 0 aromatic heterocycles. The normalized spacial score (nSPS) is 14.1. The maximum atomic E-state index is 2.55. The van der Waals surface area contributed by atoms with Gasteiger partial charge in [-0.1, -0.05) is 182 Å². The largest absolute Gasteiger partial charge is 0.311 e. The average molecular weight is 835 g/mol. The molecular weight excluding hydrogens is 796 g/mol. The van der Waals surface area contributed by atoms with E-state index < -0.39 is 5.41 Å². The molecule has 4 aliphatic rings. The third kappa shape index (κ3) is 4.61. The Bertz CT molecular complexity index is 3640. The molecule has 2 nitrogen and oxygen atoms in total. The van der Waals surface area contributed by atoms with Gasteiger partial charge in [0, 0.05) is 34.1 Å². The fourth-order valence-corrected chi connectivity index (χ4v) is 12.7. The number of benzene rings is 11. The zero-order valence-corrected chi connectivity index (χ0v) is 36.0. The minimum absolute atomic E-state index is 0.0320. The molecule has 2 heterocycles. The van der Waals surface area contributed by atoms with Gasteiger partial charge in [-0.15, -0.1) is 0 Å². The minimum Gasteiger partial charge on any atom is -0.311 e. The van der Waals surface area contributed by atoms with Crippen molar-refractivity contribution in [3.63, 3.8) is 0 Å². The Kier molecular flexibility index (Phi) is 7.27. The van der Waals surface area contributed by atoms with Gasteiger partial charge in [0.05, 0.1) is 5.41 Å². The quantitative estimate of drug-likeness (QED) is 0.164. The highest BCUT2D eigenvalue weighted by atomic mass is 15.2. The number of anilines is 6. The molecule has 0 radical (unpaired) electrons. The van der Waals surface area contributed by atoms with Crippen LogP contribution in [0.15, 0.2) is 237 Å². The van der Waals surface area contributed by atoms with Crippen molar-refractivity contribution in [1.29, 1.82) is 0 Å². The summed E-state index contributed by atoms with van der Waals surface area (Å²) in [6.45, 7) is -0.0320. The lowest BCUT2D eigenvalue weighted by Gasteiger charge is -2.45. The molecule has 1 spiro atoms. The summed E-state index contributed by atoms with van der Waals surface area (Å²) in [4.78, 5) is 5.10. The second kappa shape index (κ2) is 13.3. The van der Waals surface area contributed by atoms with Gasteiger partial charge in [-0.2, -0.15) is 0 Å². The molecule has 0 amide bonds. The SMILES string of the molecule is c1ccc(N2c3cc(-c4ccc5c(c4)C4(c6ccccc6-c6ccccc64)c4ccccc4-5)cc4c3B(c3c2ccc2ccccc32)c2c(ccc3ccccc23)N4c2ccccc2)cc1. The second-order valence-corrected chi connectivity index (χ2v) is 18.3. The Morgan fingerprint density at radius 2 is 0.712 bits per heavy atom. The topological polar surface area (TPSA) is 6.48 Å². The number of rotatable bonds is 3. The zero-order valence-electron chi connectivity index (χ0n) is 36.0. The summed E-state index contributed by atoms with van der Waals surface area (Å²) >= 11 is 0. The summed E-state index contributed by atoms with van der Waals surface area (Å²) in [5.41, 5.74) is 23.8. The van der Waals surface area contributed by atoms with Gasteiger partial charge in [-0.3, -0.25) is 0 Å². The Hall–Kier alpha value is -8.40. The highest BCUT2D eigenvalue weighted by Gasteiger charge is 2.52. The third-order valence-electron chi connectivity index (χ3n) is 15.2. The van der Waals surface area contributed by atoms with Crippen LogP contribution >= 0.6 is 0 Å². The van der Waals surface area contributed by atoms with Gasteiger partial charge in [0.25, 0.3) is 6.71 Å². The Morgan fingerprint density at radius 1 is 0.288 bits per heavy atom. The molecule has 0 atom stereocenters. The van der Waals surface area contributed by atoms with E-state index in [9.17, 15) is 0 Å². The molecule has 11 aromatic rings. The van der Waals surface area contributed by atoms with Crippen LogP contribution in [0, 0.1) is 0 Å². The maximum Gasteiger partial charge on any atom is 0.253 e. The van der Waals surface area contributed by atoms with E-state index in [1.165, 1.54) is 116 Å². The van der Waals surface area contributed by atoms with Gasteiger partial charge in [0.15, 0.2) is 0 Å². The Morgan fingerprint density at radius 3 is 1.21 bits per heavy atom. The lowest BCUT2D eigenvalue weighted by molar-refractivity contribution is 0.794. The molecule has 66 heavy (non-hydrogen) atoms. The number of nitrogens with zero attached hydrogens (tertiary/aromatic N) is 2. The summed E-state index contributed by atoms with van der Waals surface area (Å²) in [5.74, 6) is 0. The molecule has 0 unspecified atom stereocenters. The average Bonchev–Trinajstić information content (AvgIpc) is 3.86. The molecular formula is C63H39BN2. The van der Waals surface area contributed by atoms with Crippen molar-refractivity contribution < 1.29 is 0 Å². The van der Waals surface area contributed by atoms with E-state index in [4.69, 9.17) is 0 Å². The number of fused-ring (bicyclic) bond motifs is 18. The number of hydrogen-bond donors (Lipinski definition) is 0. The molecule has 2 aliphatic carbocycles. The zero-order chi connectivity index (χ0) is 43.1. The van der Waals surface area contributed by atoms with Gasteiger partial charge in [0.1, 0.15) is 0 Å². The highest BCUT2D eigenvalue weighted by molar-refractivity contribution is 7.03. The van der Waals surface area contributed by atoms with Crippen molar-refractivity contribution in [3.05, 3.63) is 259 Å². The van der Waals surface area contributed by atoms with E-state index in [0.29, 0.717) is 0 Å². The van der Waals surface area contributed by atoms with Gasteiger partial charge >= 0.3 is 0 Å².